The van der Waals surface area contributed by atoms with Gasteiger partial charge in [0.05, 0.1) is 6.54 Å². The molecule has 18 heavy (non-hydrogen) atoms. The first-order valence-electron chi connectivity index (χ1n) is 7.28. The topological polar surface area (TPSA) is 25.2 Å². The third kappa shape index (κ3) is 8.14. The molecule has 0 spiro atoms. The number of rotatable bonds is 11. The molecule has 1 aromatic rings. The number of unbranched alkanes of at least 4 members (excludes halogenated alkanes) is 7. The van der Waals surface area contributed by atoms with E-state index in [1.807, 2.05) is 12.1 Å². The highest BCUT2D eigenvalue weighted by atomic mass is 127. The summed E-state index contributed by atoms with van der Waals surface area (Å²) in [5.74, 6) is 1.04. The van der Waals surface area contributed by atoms with Crippen LogP contribution in [0.4, 0.5) is 0 Å². The van der Waals surface area contributed by atoms with Gasteiger partial charge in [-0.15, -0.1) is 0 Å². The summed E-state index contributed by atoms with van der Waals surface area (Å²) in [7, 11) is 0. The standard InChI is InChI=1S/C15H26INO/c1-2-3-4-5-6-7-8-9-12-17-13-14-10-11-15(16)18-14/h10-11,17H,2-9,12-13H2,1H3. The van der Waals surface area contributed by atoms with Crippen molar-refractivity contribution in [1.29, 1.82) is 0 Å². The van der Waals surface area contributed by atoms with E-state index in [-0.39, 0.29) is 0 Å². The van der Waals surface area contributed by atoms with Crippen LogP contribution in [0.1, 0.15) is 64.1 Å². The van der Waals surface area contributed by atoms with Crippen LogP contribution in [0.25, 0.3) is 0 Å². The lowest BCUT2D eigenvalue weighted by Gasteiger charge is -2.03. The third-order valence-corrected chi connectivity index (χ3v) is 3.71. The van der Waals surface area contributed by atoms with Crippen LogP contribution in [0.2, 0.25) is 0 Å². The summed E-state index contributed by atoms with van der Waals surface area (Å²) in [5.41, 5.74) is 0. The molecule has 0 aromatic carbocycles. The average molecular weight is 363 g/mol. The summed E-state index contributed by atoms with van der Waals surface area (Å²) in [6.45, 7) is 4.23. The molecule has 1 rings (SSSR count). The van der Waals surface area contributed by atoms with Crippen LogP contribution >= 0.6 is 22.6 Å². The van der Waals surface area contributed by atoms with Gasteiger partial charge in [-0.1, -0.05) is 51.9 Å². The molecule has 1 heterocycles. The van der Waals surface area contributed by atoms with E-state index in [2.05, 4.69) is 34.8 Å². The molecule has 0 saturated heterocycles. The van der Waals surface area contributed by atoms with Gasteiger partial charge in [-0.25, -0.2) is 0 Å². The Labute approximate surface area is 125 Å². The minimum Gasteiger partial charge on any atom is -0.454 e. The van der Waals surface area contributed by atoms with Gasteiger partial charge in [0.15, 0.2) is 3.77 Å². The maximum Gasteiger partial charge on any atom is 0.164 e. The Hall–Kier alpha value is -0.0300. The van der Waals surface area contributed by atoms with Crippen molar-refractivity contribution in [2.45, 2.75) is 64.8 Å². The highest BCUT2D eigenvalue weighted by Gasteiger charge is 1.98. The molecular formula is C15H26INO. The Balaban J connectivity index is 1.81. The molecule has 0 bridgehead atoms. The molecular weight excluding hydrogens is 337 g/mol. The van der Waals surface area contributed by atoms with Gasteiger partial charge in [-0.3, -0.25) is 0 Å². The van der Waals surface area contributed by atoms with Gasteiger partial charge in [-0.2, -0.15) is 0 Å². The summed E-state index contributed by atoms with van der Waals surface area (Å²) in [4.78, 5) is 0. The zero-order chi connectivity index (χ0) is 13.1. The molecule has 3 heteroatoms. The van der Waals surface area contributed by atoms with E-state index in [0.29, 0.717) is 0 Å². The molecule has 0 fully saturated rings. The summed E-state index contributed by atoms with van der Waals surface area (Å²) in [6.07, 6.45) is 11.0. The van der Waals surface area contributed by atoms with Gasteiger partial charge in [0, 0.05) is 0 Å². The predicted octanol–water partition coefficient (Wildman–Crippen LogP) is 5.11. The van der Waals surface area contributed by atoms with Crippen LogP contribution in [0.5, 0.6) is 0 Å². The van der Waals surface area contributed by atoms with E-state index >= 15 is 0 Å². The van der Waals surface area contributed by atoms with Crippen molar-refractivity contribution in [3.63, 3.8) is 0 Å². The smallest absolute Gasteiger partial charge is 0.164 e. The fraction of sp³-hybridized carbons (Fsp3) is 0.733. The zero-order valence-corrected chi connectivity index (χ0v) is 13.7. The van der Waals surface area contributed by atoms with Crippen molar-refractivity contribution in [1.82, 2.24) is 5.32 Å². The van der Waals surface area contributed by atoms with Crippen molar-refractivity contribution in [2.75, 3.05) is 6.54 Å². The van der Waals surface area contributed by atoms with Crippen molar-refractivity contribution in [3.8, 4) is 0 Å². The molecule has 1 N–H and O–H groups in total. The van der Waals surface area contributed by atoms with Gasteiger partial charge < -0.3 is 9.73 Å². The molecule has 1 aromatic heterocycles. The Morgan fingerprint density at radius 1 is 1.00 bits per heavy atom. The van der Waals surface area contributed by atoms with E-state index < -0.39 is 0 Å². The SMILES string of the molecule is CCCCCCCCCCNCc1ccc(I)o1. The zero-order valence-electron chi connectivity index (χ0n) is 11.5. The predicted molar refractivity (Wildman–Crippen MR) is 85.7 cm³/mol. The molecule has 0 radical (unpaired) electrons. The molecule has 0 atom stereocenters. The second-order valence-corrected chi connectivity index (χ2v) is 5.92. The maximum atomic E-state index is 5.49. The lowest BCUT2D eigenvalue weighted by molar-refractivity contribution is 0.458. The highest BCUT2D eigenvalue weighted by Crippen LogP contribution is 2.10. The Bertz CT molecular complexity index is 298. The van der Waals surface area contributed by atoms with Crippen molar-refractivity contribution >= 4 is 22.6 Å². The molecule has 104 valence electrons. The van der Waals surface area contributed by atoms with Crippen molar-refractivity contribution in [3.05, 3.63) is 21.7 Å². The quantitative estimate of drug-likeness (QED) is 0.436. The summed E-state index contributed by atoms with van der Waals surface area (Å²) in [6, 6.07) is 4.05. The van der Waals surface area contributed by atoms with Crippen LogP contribution in [0.3, 0.4) is 0 Å². The van der Waals surface area contributed by atoms with E-state index in [9.17, 15) is 0 Å². The second-order valence-electron chi connectivity index (χ2n) is 4.86. The first-order valence-corrected chi connectivity index (χ1v) is 8.35. The van der Waals surface area contributed by atoms with Crippen LogP contribution in [0.15, 0.2) is 16.5 Å². The summed E-state index contributed by atoms with van der Waals surface area (Å²) < 4.78 is 6.46. The highest BCUT2D eigenvalue weighted by molar-refractivity contribution is 14.1. The van der Waals surface area contributed by atoms with E-state index in [4.69, 9.17) is 4.42 Å². The van der Waals surface area contributed by atoms with Gasteiger partial charge >= 0.3 is 0 Å². The first-order chi connectivity index (χ1) is 8.83. The molecule has 0 aliphatic rings. The fourth-order valence-electron chi connectivity index (χ4n) is 2.04. The first kappa shape index (κ1) is 16.0. The number of furan rings is 1. The molecule has 0 saturated carbocycles. The largest absolute Gasteiger partial charge is 0.454 e. The maximum absolute atomic E-state index is 5.49. The van der Waals surface area contributed by atoms with Gasteiger partial charge in [-0.05, 0) is 47.7 Å². The number of nitrogens with one attached hydrogen (secondary N) is 1. The Morgan fingerprint density at radius 3 is 2.28 bits per heavy atom. The second kappa shape index (κ2) is 10.9. The molecule has 0 aliphatic heterocycles. The molecule has 0 unspecified atom stereocenters. The van der Waals surface area contributed by atoms with Gasteiger partial charge in [0.2, 0.25) is 0 Å². The van der Waals surface area contributed by atoms with Crippen molar-refractivity contribution in [2.24, 2.45) is 0 Å². The van der Waals surface area contributed by atoms with Gasteiger partial charge in [0.1, 0.15) is 5.76 Å². The Kier molecular flexibility index (Phi) is 9.66. The monoisotopic (exact) mass is 363 g/mol. The number of hydrogen-bond donors (Lipinski definition) is 1. The van der Waals surface area contributed by atoms with E-state index in [0.717, 1.165) is 22.6 Å². The minimum atomic E-state index is 0.861. The normalized spacial score (nSPS) is 11.0. The molecule has 2 nitrogen and oxygen atoms in total. The fourth-order valence-corrected chi connectivity index (χ4v) is 2.50. The molecule has 0 aliphatic carbocycles. The molecule has 0 amide bonds. The van der Waals surface area contributed by atoms with E-state index in [1.54, 1.807) is 0 Å². The number of halogens is 1. The minimum absolute atomic E-state index is 0.861. The Morgan fingerprint density at radius 2 is 1.67 bits per heavy atom. The lowest BCUT2D eigenvalue weighted by Crippen LogP contribution is -2.14. The average Bonchev–Trinajstić information content (AvgIpc) is 2.77. The summed E-state index contributed by atoms with van der Waals surface area (Å²) >= 11 is 2.20. The summed E-state index contributed by atoms with van der Waals surface area (Å²) in [5, 5.41) is 3.43. The van der Waals surface area contributed by atoms with E-state index in [1.165, 1.54) is 51.4 Å². The van der Waals surface area contributed by atoms with Crippen LogP contribution in [-0.2, 0) is 6.54 Å². The van der Waals surface area contributed by atoms with Crippen LogP contribution < -0.4 is 5.32 Å². The van der Waals surface area contributed by atoms with Crippen molar-refractivity contribution < 1.29 is 4.42 Å². The lowest BCUT2D eigenvalue weighted by atomic mass is 10.1. The van der Waals surface area contributed by atoms with Crippen LogP contribution in [-0.4, -0.2) is 6.54 Å². The number of hydrogen-bond acceptors (Lipinski definition) is 2. The van der Waals surface area contributed by atoms with Crippen LogP contribution in [0, 0.1) is 3.77 Å². The van der Waals surface area contributed by atoms with Gasteiger partial charge in [0.25, 0.3) is 0 Å². The third-order valence-electron chi connectivity index (χ3n) is 3.14.